The minimum Gasteiger partial charge on any atom is -0.371 e. The summed E-state index contributed by atoms with van der Waals surface area (Å²) in [6, 6.07) is 7.69. The highest BCUT2D eigenvalue weighted by atomic mass is 19.3. The van der Waals surface area contributed by atoms with Gasteiger partial charge in [-0.2, -0.15) is 0 Å². The molecule has 0 radical (unpaired) electrons. The lowest BCUT2D eigenvalue weighted by molar-refractivity contribution is -0.140. The van der Waals surface area contributed by atoms with Crippen LogP contribution in [0.5, 0.6) is 0 Å². The maximum absolute atomic E-state index is 13.3. The van der Waals surface area contributed by atoms with Gasteiger partial charge in [0.15, 0.2) is 0 Å². The second kappa shape index (κ2) is 7.09. The Kier molecular flexibility index (Phi) is 4.78. The Hall–Kier alpha value is -2.18. The van der Waals surface area contributed by atoms with Gasteiger partial charge in [-0.25, -0.2) is 8.78 Å². The molecule has 3 aliphatic rings. The predicted molar refractivity (Wildman–Crippen MR) is 98.9 cm³/mol. The van der Waals surface area contributed by atoms with Gasteiger partial charge in [-0.05, 0) is 37.5 Å². The lowest BCUT2D eigenvalue weighted by Crippen LogP contribution is -2.45. The zero-order valence-electron chi connectivity index (χ0n) is 15.3. The van der Waals surface area contributed by atoms with Crippen LogP contribution in [0.25, 0.3) is 0 Å². The molecule has 7 heteroatoms. The highest BCUT2D eigenvalue weighted by Gasteiger charge is 2.39. The average Bonchev–Trinajstić information content (AvgIpc) is 3.38. The van der Waals surface area contributed by atoms with Crippen LogP contribution in [0.2, 0.25) is 0 Å². The van der Waals surface area contributed by atoms with Crippen LogP contribution in [-0.4, -0.2) is 48.8 Å². The van der Waals surface area contributed by atoms with Gasteiger partial charge in [-0.15, -0.1) is 0 Å². The van der Waals surface area contributed by atoms with Crippen molar-refractivity contribution in [1.82, 2.24) is 4.90 Å². The SMILES string of the molecule is O=C(Nc1cccc(N2CCC(C(=O)N3CCC(F)(F)CC3)C2)c1)C1CC1. The van der Waals surface area contributed by atoms with Crippen LogP contribution >= 0.6 is 0 Å². The molecule has 1 atom stereocenters. The van der Waals surface area contributed by atoms with Gasteiger partial charge in [0.2, 0.25) is 11.8 Å². The topological polar surface area (TPSA) is 52.7 Å². The third kappa shape index (κ3) is 4.22. The molecular formula is C20H25F2N3O2. The number of hydrogen-bond donors (Lipinski definition) is 1. The molecule has 0 aromatic heterocycles. The fourth-order valence-corrected chi connectivity index (χ4v) is 3.88. The number of benzene rings is 1. The Balaban J connectivity index is 1.35. The number of rotatable bonds is 4. The number of carbonyl (C=O) groups excluding carboxylic acids is 2. The molecule has 2 heterocycles. The van der Waals surface area contributed by atoms with Crippen molar-refractivity contribution >= 4 is 23.2 Å². The van der Waals surface area contributed by atoms with Crippen LogP contribution in [0, 0.1) is 11.8 Å². The van der Waals surface area contributed by atoms with E-state index in [0.717, 1.165) is 37.2 Å². The highest BCUT2D eigenvalue weighted by molar-refractivity contribution is 5.94. The molecule has 1 aromatic carbocycles. The number of piperidine rings is 1. The van der Waals surface area contributed by atoms with Gasteiger partial charge in [0.1, 0.15) is 0 Å². The summed E-state index contributed by atoms with van der Waals surface area (Å²) < 4.78 is 26.6. The first-order valence-corrected chi connectivity index (χ1v) is 9.74. The average molecular weight is 377 g/mol. The van der Waals surface area contributed by atoms with Crippen LogP contribution in [0.1, 0.15) is 32.1 Å². The summed E-state index contributed by atoms with van der Waals surface area (Å²) in [7, 11) is 0. The second-order valence-electron chi connectivity index (χ2n) is 7.93. The van der Waals surface area contributed by atoms with E-state index in [9.17, 15) is 18.4 Å². The number of halogens is 2. The van der Waals surface area contributed by atoms with Gasteiger partial charge in [-0.1, -0.05) is 6.07 Å². The van der Waals surface area contributed by atoms with Gasteiger partial charge in [0, 0.05) is 56.3 Å². The minimum atomic E-state index is -2.64. The van der Waals surface area contributed by atoms with Crippen molar-refractivity contribution < 1.29 is 18.4 Å². The first-order chi connectivity index (χ1) is 12.9. The van der Waals surface area contributed by atoms with Crippen molar-refractivity contribution in [3.05, 3.63) is 24.3 Å². The van der Waals surface area contributed by atoms with Crippen molar-refractivity contribution in [2.24, 2.45) is 11.8 Å². The second-order valence-corrected chi connectivity index (χ2v) is 7.93. The van der Waals surface area contributed by atoms with E-state index in [2.05, 4.69) is 10.2 Å². The monoisotopic (exact) mass is 377 g/mol. The molecule has 1 saturated carbocycles. The lowest BCUT2D eigenvalue weighted by Gasteiger charge is -2.33. The summed E-state index contributed by atoms with van der Waals surface area (Å²) in [5, 5.41) is 2.95. The number of hydrogen-bond acceptors (Lipinski definition) is 3. The molecule has 27 heavy (non-hydrogen) atoms. The van der Waals surface area contributed by atoms with Gasteiger partial charge in [0.25, 0.3) is 5.92 Å². The molecular weight excluding hydrogens is 352 g/mol. The largest absolute Gasteiger partial charge is 0.371 e. The van der Waals surface area contributed by atoms with E-state index in [1.165, 1.54) is 0 Å². The van der Waals surface area contributed by atoms with E-state index in [4.69, 9.17) is 0 Å². The number of carbonyl (C=O) groups is 2. The number of amides is 2. The van der Waals surface area contributed by atoms with Crippen molar-refractivity contribution in [2.45, 2.75) is 38.0 Å². The van der Waals surface area contributed by atoms with Crippen molar-refractivity contribution in [2.75, 3.05) is 36.4 Å². The number of nitrogens with zero attached hydrogens (tertiary/aromatic N) is 2. The van der Waals surface area contributed by atoms with Crippen LogP contribution in [0.3, 0.4) is 0 Å². The Bertz CT molecular complexity index is 726. The zero-order valence-corrected chi connectivity index (χ0v) is 15.3. The molecule has 2 saturated heterocycles. The smallest absolute Gasteiger partial charge is 0.251 e. The third-order valence-corrected chi connectivity index (χ3v) is 5.77. The van der Waals surface area contributed by atoms with Gasteiger partial charge >= 0.3 is 0 Å². The summed E-state index contributed by atoms with van der Waals surface area (Å²) in [4.78, 5) is 28.3. The zero-order chi connectivity index (χ0) is 19.0. The Morgan fingerprint density at radius 1 is 1.04 bits per heavy atom. The first-order valence-electron chi connectivity index (χ1n) is 9.74. The minimum absolute atomic E-state index is 0.00816. The molecule has 1 N–H and O–H groups in total. The number of nitrogens with one attached hydrogen (secondary N) is 1. The Morgan fingerprint density at radius 3 is 2.48 bits per heavy atom. The van der Waals surface area contributed by atoms with E-state index in [0.29, 0.717) is 6.54 Å². The molecule has 5 nitrogen and oxygen atoms in total. The van der Waals surface area contributed by atoms with Gasteiger partial charge in [0.05, 0.1) is 5.92 Å². The van der Waals surface area contributed by atoms with Gasteiger partial charge in [-0.3, -0.25) is 9.59 Å². The van der Waals surface area contributed by atoms with Crippen molar-refractivity contribution in [3.8, 4) is 0 Å². The molecule has 0 spiro atoms. The van der Waals surface area contributed by atoms with E-state index in [1.54, 1.807) is 4.90 Å². The fraction of sp³-hybridized carbons (Fsp3) is 0.600. The number of likely N-dealkylation sites (tertiary alicyclic amines) is 1. The first kappa shape index (κ1) is 18.2. The molecule has 2 aliphatic heterocycles. The Morgan fingerprint density at radius 2 is 1.78 bits per heavy atom. The maximum atomic E-state index is 13.3. The molecule has 2 amide bonds. The summed E-state index contributed by atoms with van der Waals surface area (Å²) in [6.45, 7) is 1.63. The normalized spacial score (nSPS) is 24.7. The van der Waals surface area contributed by atoms with Crippen molar-refractivity contribution in [3.63, 3.8) is 0 Å². The Labute approximate surface area is 157 Å². The molecule has 4 rings (SSSR count). The van der Waals surface area contributed by atoms with E-state index in [1.807, 2.05) is 24.3 Å². The van der Waals surface area contributed by atoms with E-state index in [-0.39, 0.29) is 49.6 Å². The molecule has 1 aliphatic carbocycles. The molecule has 3 fully saturated rings. The standard InChI is InChI=1S/C20H25F2N3O2/c21-20(22)7-10-24(11-8-20)19(27)15-6-9-25(13-15)17-3-1-2-16(12-17)23-18(26)14-4-5-14/h1-3,12,14-15H,4-11,13H2,(H,23,26). The number of anilines is 2. The molecule has 0 bridgehead atoms. The summed E-state index contributed by atoms with van der Waals surface area (Å²) in [5.74, 6) is -2.57. The van der Waals surface area contributed by atoms with Gasteiger partial charge < -0.3 is 15.1 Å². The van der Waals surface area contributed by atoms with Crippen molar-refractivity contribution in [1.29, 1.82) is 0 Å². The lowest BCUT2D eigenvalue weighted by atomic mass is 10.0. The van der Waals surface area contributed by atoms with E-state index < -0.39 is 5.92 Å². The quantitative estimate of drug-likeness (QED) is 0.877. The predicted octanol–water partition coefficient (Wildman–Crippen LogP) is 3.12. The van der Waals surface area contributed by atoms with E-state index >= 15 is 0 Å². The molecule has 1 unspecified atom stereocenters. The van der Waals surface area contributed by atoms with Crippen LogP contribution in [0.4, 0.5) is 20.2 Å². The summed E-state index contributed by atoms with van der Waals surface area (Å²) in [6.07, 6.45) is 2.17. The fourth-order valence-electron chi connectivity index (χ4n) is 3.88. The molecule has 1 aromatic rings. The number of alkyl halides is 2. The molecule has 146 valence electrons. The third-order valence-electron chi connectivity index (χ3n) is 5.77. The summed E-state index contributed by atoms with van der Waals surface area (Å²) >= 11 is 0. The van der Waals surface area contributed by atoms with Crippen LogP contribution < -0.4 is 10.2 Å². The van der Waals surface area contributed by atoms with Crippen LogP contribution in [-0.2, 0) is 9.59 Å². The van der Waals surface area contributed by atoms with Crippen LogP contribution in [0.15, 0.2) is 24.3 Å². The summed E-state index contributed by atoms with van der Waals surface area (Å²) in [5.41, 5.74) is 1.75. The highest BCUT2D eigenvalue weighted by Crippen LogP contribution is 2.33. The maximum Gasteiger partial charge on any atom is 0.251 e.